The molecule has 0 spiro atoms. The number of benzene rings is 1. The number of ether oxygens (including phenoxy) is 1. The minimum Gasteiger partial charge on any atom is -0.475 e. The van der Waals surface area contributed by atoms with Crippen LogP contribution in [0.2, 0.25) is 5.02 Å². The third kappa shape index (κ3) is 4.56. The number of allylic oxidation sites excluding steroid dienone is 1. The van der Waals surface area contributed by atoms with Gasteiger partial charge in [0.2, 0.25) is 0 Å². The van der Waals surface area contributed by atoms with Crippen molar-refractivity contribution in [3.63, 3.8) is 0 Å². The first-order valence-electron chi connectivity index (χ1n) is 4.79. The molecular weight excluding hydrogens is 256 g/mol. The van der Waals surface area contributed by atoms with Gasteiger partial charge in [-0.15, -0.1) is 6.42 Å². The lowest BCUT2D eigenvalue weighted by atomic mass is 10.1. The van der Waals surface area contributed by atoms with Gasteiger partial charge in [-0.1, -0.05) is 29.3 Å². The number of halogens is 1. The first-order chi connectivity index (χ1) is 8.17. The van der Waals surface area contributed by atoms with Crippen LogP contribution in [0.3, 0.4) is 0 Å². The van der Waals surface area contributed by atoms with Gasteiger partial charge in [0.15, 0.2) is 10.9 Å². The summed E-state index contributed by atoms with van der Waals surface area (Å²) in [7, 11) is 0. The van der Waals surface area contributed by atoms with Crippen LogP contribution >= 0.6 is 23.4 Å². The van der Waals surface area contributed by atoms with Crippen molar-refractivity contribution < 1.29 is 9.53 Å². The fourth-order valence-electron chi connectivity index (χ4n) is 1.08. The molecule has 1 rings (SSSR count). The normalized spacial score (nSPS) is 10.8. The lowest BCUT2D eigenvalue weighted by molar-refractivity contribution is 0.104. The molecule has 0 aliphatic rings. The van der Waals surface area contributed by atoms with E-state index in [1.54, 1.807) is 24.3 Å². The molecule has 0 aliphatic heterocycles. The summed E-state index contributed by atoms with van der Waals surface area (Å²) >= 11 is 7.07. The zero-order valence-corrected chi connectivity index (χ0v) is 10.8. The van der Waals surface area contributed by atoms with E-state index in [9.17, 15) is 4.79 Å². The van der Waals surface area contributed by atoms with Crippen LogP contribution in [0.5, 0.6) is 0 Å². The van der Waals surface area contributed by atoms with Crippen molar-refractivity contribution in [2.75, 3.05) is 12.9 Å². The van der Waals surface area contributed by atoms with Crippen LogP contribution in [0, 0.1) is 12.3 Å². The largest absolute Gasteiger partial charge is 0.475 e. The van der Waals surface area contributed by atoms with E-state index in [2.05, 4.69) is 5.92 Å². The minimum absolute atomic E-state index is 0.136. The van der Waals surface area contributed by atoms with Gasteiger partial charge in [0, 0.05) is 16.7 Å². The summed E-state index contributed by atoms with van der Waals surface area (Å²) in [4.78, 5) is 11.8. The lowest BCUT2D eigenvalue weighted by Gasteiger charge is -2.04. The van der Waals surface area contributed by atoms with Gasteiger partial charge < -0.3 is 4.74 Å². The molecule has 0 heterocycles. The molecular formula is C13H11ClO2S. The van der Waals surface area contributed by atoms with Crippen LogP contribution in [-0.2, 0) is 4.74 Å². The summed E-state index contributed by atoms with van der Waals surface area (Å²) in [5, 5.41) is 1.10. The number of hydrogen-bond donors (Lipinski definition) is 0. The Morgan fingerprint density at radius 2 is 2.18 bits per heavy atom. The Balaban J connectivity index is 2.79. The smallest absolute Gasteiger partial charge is 0.190 e. The maximum atomic E-state index is 11.8. The first kappa shape index (κ1) is 13.7. The Morgan fingerprint density at radius 1 is 1.53 bits per heavy atom. The van der Waals surface area contributed by atoms with Crippen molar-refractivity contribution in [2.24, 2.45) is 0 Å². The summed E-state index contributed by atoms with van der Waals surface area (Å²) < 4.78 is 5.20. The van der Waals surface area contributed by atoms with E-state index in [0.29, 0.717) is 15.7 Å². The molecule has 0 saturated carbocycles. The highest BCUT2D eigenvalue weighted by molar-refractivity contribution is 8.02. The number of thioether (sulfide) groups is 1. The Bertz CT molecular complexity index is 457. The van der Waals surface area contributed by atoms with Crippen molar-refractivity contribution in [2.45, 2.75) is 0 Å². The monoisotopic (exact) mass is 266 g/mol. The van der Waals surface area contributed by atoms with E-state index in [0.717, 1.165) is 0 Å². The molecule has 0 atom stereocenters. The van der Waals surface area contributed by atoms with E-state index in [-0.39, 0.29) is 12.4 Å². The molecule has 0 bridgehead atoms. The second-order valence-electron chi connectivity index (χ2n) is 3.03. The fourth-order valence-corrected chi connectivity index (χ4v) is 1.60. The quantitative estimate of drug-likeness (QED) is 0.354. The topological polar surface area (TPSA) is 26.3 Å². The number of hydrogen-bond acceptors (Lipinski definition) is 3. The average Bonchev–Trinajstić information content (AvgIpc) is 2.35. The van der Waals surface area contributed by atoms with Gasteiger partial charge in [-0.2, -0.15) is 0 Å². The predicted octanol–water partition coefficient (Wildman–Crippen LogP) is 3.38. The molecule has 0 aliphatic carbocycles. The maximum absolute atomic E-state index is 11.8. The lowest BCUT2D eigenvalue weighted by Crippen LogP contribution is -1.97. The van der Waals surface area contributed by atoms with Crippen LogP contribution in [0.4, 0.5) is 0 Å². The van der Waals surface area contributed by atoms with Crippen LogP contribution in [0.25, 0.3) is 0 Å². The maximum Gasteiger partial charge on any atom is 0.190 e. The summed E-state index contributed by atoms with van der Waals surface area (Å²) in [6, 6.07) is 6.67. The molecule has 0 unspecified atom stereocenters. The molecule has 88 valence electrons. The third-order valence-electron chi connectivity index (χ3n) is 1.88. The van der Waals surface area contributed by atoms with E-state index in [1.807, 2.05) is 6.26 Å². The molecule has 0 amide bonds. The Labute approximate surface area is 110 Å². The molecule has 0 N–H and O–H groups in total. The van der Waals surface area contributed by atoms with Gasteiger partial charge in [0.1, 0.15) is 6.61 Å². The molecule has 0 saturated heterocycles. The standard InChI is InChI=1S/C13H11ClO2S/c1-3-8-16-13(17-2)9-12(15)10-4-6-11(14)7-5-10/h1,4-7,9H,8H2,2H3/b13-9-. The summed E-state index contributed by atoms with van der Waals surface area (Å²) in [6.07, 6.45) is 8.32. The summed E-state index contributed by atoms with van der Waals surface area (Å²) in [5.74, 6) is 2.21. The van der Waals surface area contributed by atoms with Crippen molar-refractivity contribution in [1.82, 2.24) is 0 Å². The van der Waals surface area contributed by atoms with Crippen LogP contribution in [0.1, 0.15) is 10.4 Å². The molecule has 1 aromatic rings. The van der Waals surface area contributed by atoms with Gasteiger partial charge in [-0.3, -0.25) is 4.79 Å². The summed E-state index contributed by atoms with van der Waals surface area (Å²) in [6.45, 7) is 0.153. The van der Waals surface area contributed by atoms with Crippen LogP contribution in [0.15, 0.2) is 35.4 Å². The number of ketones is 1. The Hall–Kier alpha value is -1.37. The molecule has 2 nitrogen and oxygen atoms in total. The highest BCUT2D eigenvalue weighted by Gasteiger charge is 2.05. The first-order valence-corrected chi connectivity index (χ1v) is 6.39. The van der Waals surface area contributed by atoms with Crippen molar-refractivity contribution >= 4 is 29.1 Å². The van der Waals surface area contributed by atoms with E-state index in [1.165, 1.54) is 17.8 Å². The zero-order valence-electron chi connectivity index (χ0n) is 9.27. The summed E-state index contributed by atoms with van der Waals surface area (Å²) in [5.41, 5.74) is 0.560. The van der Waals surface area contributed by atoms with E-state index >= 15 is 0 Å². The number of rotatable bonds is 5. The molecule has 0 fully saturated rings. The minimum atomic E-state index is -0.136. The number of carbonyl (C=O) groups excluding carboxylic acids is 1. The second kappa shape index (κ2) is 7.05. The second-order valence-corrected chi connectivity index (χ2v) is 4.28. The SMILES string of the molecule is C#CCO/C(=C/C(=O)c1ccc(Cl)cc1)SC. The van der Waals surface area contributed by atoms with Crippen LogP contribution in [-0.4, -0.2) is 18.6 Å². The Morgan fingerprint density at radius 3 is 2.71 bits per heavy atom. The van der Waals surface area contributed by atoms with Gasteiger partial charge in [0.25, 0.3) is 0 Å². The molecule has 0 radical (unpaired) electrons. The van der Waals surface area contributed by atoms with Gasteiger partial charge >= 0.3 is 0 Å². The van der Waals surface area contributed by atoms with Crippen LogP contribution < -0.4 is 0 Å². The average molecular weight is 267 g/mol. The molecule has 4 heteroatoms. The van der Waals surface area contributed by atoms with Gasteiger partial charge in [0.05, 0.1) is 0 Å². The Kier molecular flexibility index (Phi) is 5.68. The van der Waals surface area contributed by atoms with Crippen molar-refractivity contribution in [3.05, 3.63) is 46.0 Å². The van der Waals surface area contributed by atoms with Gasteiger partial charge in [-0.25, -0.2) is 0 Å². The van der Waals surface area contributed by atoms with Crippen molar-refractivity contribution in [3.8, 4) is 12.3 Å². The fraction of sp³-hybridized carbons (Fsp3) is 0.154. The highest BCUT2D eigenvalue weighted by atomic mass is 35.5. The predicted molar refractivity (Wildman–Crippen MR) is 72.2 cm³/mol. The van der Waals surface area contributed by atoms with E-state index < -0.39 is 0 Å². The van der Waals surface area contributed by atoms with Gasteiger partial charge in [-0.05, 0) is 30.5 Å². The molecule has 17 heavy (non-hydrogen) atoms. The van der Waals surface area contributed by atoms with Crippen molar-refractivity contribution in [1.29, 1.82) is 0 Å². The molecule has 0 aromatic heterocycles. The molecule has 1 aromatic carbocycles. The zero-order chi connectivity index (χ0) is 12.7. The number of carbonyl (C=O) groups is 1. The third-order valence-corrected chi connectivity index (χ3v) is 2.77. The van der Waals surface area contributed by atoms with E-state index in [4.69, 9.17) is 22.8 Å². The highest BCUT2D eigenvalue weighted by Crippen LogP contribution is 2.16. The number of terminal acetylenes is 1.